The van der Waals surface area contributed by atoms with Crippen LogP contribution in [0.15, 0.2) is 47.5 Å². The number of H-pyrrole nitrogens is 2. The molecule has 0 aliphatic heterocycles. The Labute approximate surface area is 199 Å². The van der Waals surface area contributed by atoms with Crippen LogP contribution >= 0.6 is 11.6 Å². The number of alkyl halides is 3. The van der Waals surface area contributed by atoms with E-state index in [0.29, 0.717) is 33.6 Å². The Bertz CT molecular complexity index is 1630. The number of imidazole rings is 1. The number of anilines is 1. The third-order valence-corrected chi connectivity index (χ3v) is 5.33. The van der Waals surface area contributed by atoms with Crippen molar-refractivity contribution in [3.05, 3.63) is 58.2 Å². The molecule has 0 aromatic carbocycles. The zero-order valence-corrected chi connectivity index (χ0v) is 18.6. The summed E-state index contributed by atoms with van der Waals surface area (Å²) >= 11 is 5.98. The molecule has 0 saturated heterocycles. The largest absolute Gasteiger partial charge is 0.481 e. The minimum absolute atomic E-state index is 0.0417. The lowest BCUT2D eigenvalue weighted by atomic mass is 10.1. The van der Waals surface area contributed by atoms with Crippen molar-refractivity contribution in [2.75, 3.05) is 19.0 Å². The average molecular weight is 502 g/mol. The van der Waals surface area contributed by atoms with Crippen molar-refractivity contribution in [2.45, 2.75) is 6.18 Å². The zero-order valence-electron chi connectivity index (χ0n) is 17.9. The van der Waals surface area contributed by atoms with Crippen LogP contribution in [0.4, 0.5) is 19.0 Å². The van der Waals surface area contributed by atoms with Crippen LogP contribution in [0.2, 0.25) is 5.15 Å². The van der Waals surface area contributed by atoms with E-state index in [-0.39, 0.29) is 27.9 Å². The van der Waals surface area contributed by atoms with Gasteiger partial charge in [-0.15, -0.1) is 0 Å². The summed E-state index contributed by atoms with van der Waals surface area (Å²) in [6, 6.07) is 8.17. The van der Waals surface area contributed by atoms with E-state index in [4.69, 9.17) is 16.3 Å². The second-order valence-corrected chi connectivity index (χ2v) is 7.82. The summed E-state index contributed by atoms with van der Waals surface area (Å²) < 4.78 is 43.5. The lowest BCUT2D eigenvalue weighted by molar-refractivity contribution is -0.115. The Balaban J connectivity index is 1.68. The van der Waals surface area contributed by atoms with Crippen molar-refractivity contribution < 1.29 is 17.9 Å². The molecule has 0 fully saturated rings. The fourth-order valence-corrected chi connectivity index (χ4v) is 3.86. The molecule has 0 radical (unpaired) electrons. The van der Waals surface area contributed by atoms with Gasteiger partial charge in [0.1, 0.15) is 23.0 Å². The SMILES string of the molecule is COc1ncccc1-c1nccc2[nH]c(=O)c(-c3nc4c(NCC(F)(F)F)nc(Cl)cc4[nH]3)cc12. The molecule has 0 aliphatic rings. The number of ether oxygens (including phenoxy) is 1. The highest BCUT2D eigenvalue weighted by Crippen LogP contribution is 2.33. The van der Waals surface area contributed by atoms with Crippen LogP contribution in [-0.2, 0) is 0 Å². The minimum Gasteiger partial charge on any atom is -0.481 e. The minimum atomic E-state index is -4.47. The van der Waals surface area contributed by atoms with E-state index in [9.17, 15) is 18.0 Å². The maximum absolute atomic E-state index is 12.9. The molecule has 5 heterocycles. The van der Waals surface area contributed by atoms with Crippen molar-refractivity contribution in [3.63, 3.8) is 0 Å². The molecule has 0 saturated carbocycles. The molecular weight excluding hydrogens is 487 g/mol. The summed E-state index contributed by atoms with van der Waals surface area (Å²) in [5.41, 5.74) is 1.73. The molecule has 0 atom stereocenters. The monoisotopic (exact) mass is 501 g/mol. The van der Waals surface area contributed by atoms with Crippen molar-refractivity contribution in [3.8, 4) is 28.5 Å². The molecule has 0 spiro atoms. The second kappa shape index (κ2) is 8.55. The van der Waals surface area contributed by atoms with Crippen LogP contribution in [0, 0.1) is 0 Å². The Morgan fingerprint density at radius 1 is 1.06 bits per heavy atom. The molecular formula is C22H15ClF3N7O2. The number of rotatable bonds is 5. The number of halogens is 4. The highest BCUT2D eigenvalue weighted by atomic mass is 35.5. The third-order valence-electron chi connectivity index (χ3n) is 5.14. The van der Waals surface area contributed by atoms with Gasteiger partial charge in [0.15, 0.2) is 5.82 Å². The summed E-state index contributed by atoms with van der Waals surface area (Å²) in [4.78, 5) is 35.6. The van der Waals surface area contributed by atoms with Gasteiger partial charge in [-0.1, -0.05) is 11.6 Å². The Morgan fingerprint density at radius 3 is 2.66 bits per heavy atom. The first-order valence-corrected chi connectivity index (χ1v) is 10.5. The van der Waals surface area contributed by atoms with Crippen LogP contribution in [0.3, 0.4) is 0 Å². The van der Waals surface area contributed by atoms with E-state index in [1.807, 2.05) is 0 Å². The molecule has 35 heavy (non-hydrogen) atoms. The first-order chi connectivity index (χ1) is 16.7. The lowest BCUT2D eigenvalue weighted by Gasteiger charge is -2.10. The highest BCUT2D eigenvalue weighted by Gasteiger charge is 2.28. The summed E-state index contributed by atoms with van der Waals surface area (Å²) in [5, 5.41) is 2.74. The van der Waals surface area contributed by atoms with Gasteiger partial charge < -0.3 is 20.0 Å². The van der Waals surface area contributed by atoms with E-state index in [1.165, 1.54) is 13.2 Å². The van der Waals surface area contributed by atoms with Crippen molar-refractivity contribution in [2.24, 2.45) is 0 Å². The van der Waals surface area contributed by atoms with Gasteiger partial charge in [-0.2, -0.15) is 13.2 Å². The maximum Gasteiger partial charge on any atom is 0.405 e. The Kier molecular flexibility index (Phi) is 5.52. The summed E-state index contributed by atoms with van der Waals surface area (Å²) in [5.74, 6) is 0.312. The number of pyridine rings is 4. The van der Waals surface area contributed by atoms with Crippen LogP contribution in [0.25, 0.3) is 44.6 Å². The Hall–Kier alpha value is -4.19. The van der Waals surface area contributed by atoms with Crippen LogP contribution in [0.1, 0.15) is 0 Å². The summed E-state index contributed by atoms with van der Waals surface area (Å²) in [6.45, 7) is -1.32. The van der Waals surface area contributed by atoms with Gasteiger partial charge in [-0.3, -0.25) is 9.78 Å². The number of hydrogen-bond acceptors (Lipinski definition) is 7. The van der Waals surface area contributed by atoms with Gasteiger partial charge in [0.2, 0.25) is 5.88 Å². The highest BCUT2D eigenvalue weighted by molar-refractivity contribution is 6.30. The molecule has 0 bridgehead atoms. The van der Waals surface area contributed by atoms with Gasteiger partial charge in [0, 0.05) is 23.8 Å². The predicted molar refractivity (Wildman–Crippen MR) is 125 cm³/mol. The van der Waals surface area contributed by atoms with E-state index >= 15 is 0 Å². The first kappa shape index (κ1) is 22.6. The zero-order chi connectivity index (χ0) is 24.7. The van der Waals surface area contributed by atoms with E-state index < -0.39 is 18.3 Å². The molecule has 0 unspecified atom stereocenters. The molecule has 0 amide bonds. The predicted octanol–water partition coefficient (Wildman–Crippen LogP) is 4.56. The number of nitrogens with one attached hydrogen (secondary N) is 3. The molecule has 9 nitrogen and oxygen atoms in total. The molecule has 5 aromatic rings. The van der Waals surface area contributed by atoms with Crippen LogP contribution in [0.5, 0.6) is 5.88 Å². The number of methoxy groups -OCH3 is 1. The van der Waals surface area contributed by atoms with Crippen molar-refractivity contribution >= 4 is 39.4 Å². The smallest absolute Gasteiger partial charge is 0.405 e. The van der Waals surface area contributed by atoms with E-state index in [1.54, 1.807) is 36.7 Å². The lowest BCUT2D eigenvalue weighted by Crippen LogP contribution is -2.22. The van der Waals surface area contributed by atoms with Gasteiger partial charge in [-0.05, 0) is 24.3 Å². The van der Waals surface area contributed by atoms with Gasteiger partial charge in [0.25, 0.3) is 5.56 Å². The summed E-state index contributed by atoms with van der Waals surface area (Å²) in [7, 11) is 1.49. The maximum atomic E-state index is 12.9. The molecule has 3 N–H and O–H groups in total. The van der Waals surface area contributed by atoms with Gasteiger partial charge in [-0.25, -0.2) is 15.0 Å². The molecule has 13 heteroatoms. The van der Waals surface area contributed by atoms with Crippen molar-refractivity contribution in [1.29, 1.82) is 0 Å². The second-order valence-electron chi connectivity index (χ2n) is 7.44. The van der Waals surface area contributed by atoms with Crippen molar-refractivity contribution in [1.82, 2.24) is 29.9 Å². The molecule has 5 rings (SSSR count). The summed E-state index contributed by atoms with van der Waals surface area (Å²) in [6.07, 6.45) is -1.34. The standard InChI is InChI=1S/C22H15ClF3N7O2/c1-35-21-10(3-2-5-28-21)16-11-7-12(20(34)31-13(11)4-6-27-16)18-30-14-8-15(23)32-19(17(14)33-18)29-9-22(24,25)26/h2-8H,9H2,1H3,(H,29,32)(H,30,33)(H,31,34). The molecule has 5 aromatic heterocycles. The topological polar surface area (TPSA) is 121 Å². The number of hydrogen-bond donors (Lipinski definition) is 3. The van der Waals surface area contributed by atoms with Crippen LogP contribution < -0.4 is 15.6 Å². The number of aromatic nitrogens is 6. The van der Waals surface area contributed by atoms with Gasteiger partial charge in [0.05, 0.1) is 35.0 Å². The molecule has 0 aliphatic carbocycles. The fourth-order valence-electron chi connectivity index (χ4n) is 3.67. The normalized spacial score (nSPS) is 11.8. The third kappa shape index (κ3) is 4.35. The molecule has 178 valence electrons. The Morgan fingerprint density at radius 2 is 1.89 bits per heavy atom. The average Bonchev–Trinajstić information content (AvgIpc) is 3.24. The fraction of sp³-hybridized carbons (Fsp3) is 0.136. The number of nitrogens with zero attached hydrogens (tertiary/aromatic N) is 4. The van der Waals surface area contributed by atoms with E-state index in [2.05, 4.69) is 35.2 Å². The first-order valence-electron chi connectivity index (χ1n) is 10.1. The number of fused-ring (bicyclic) bond motifs is 2. The van der Waals surface area contributed by atoms with Crippen LogP contribution in [-0.4, -0.2) is 49.7 Å². The van der Waals surface area contributed by atoms with E-state index in [0.717, 1.165) is 0 Å². The number of aromatic amines is 2. The van der Waals surface area contributed by atoms with Gasteiger partial charge >= 0.3 is 6.18 Å². The quantitative estimate of drug-likeness (QED) is 0.302.